The minimum absolute atomic E-state index is 0.447. The van der Waals surface area contributed by atoms with E-state index in [4.69, 9.17) is 0 Å². The summed E-state index contributed by atoms with van der Waals surface area (Å²) < 4.78 is 11.2. The second-order valence-corrected chi connectivity index (χ2v) is 6.84. The van der Waals surface area contributed by atoms with Crippen LogP contribution in [0.2, 0.25) is 0 Å². The highest BCUT2D eigenvalue weighted by atomic mass is 32.2. The van der Waals surface area contributed by atoms with Gasteiger partial charge in [-0.3, -0.25) is 9.11 Å². The second kappa shape index (κ2) is 6.72. The van der Waals surface area contributed by atoms with Crippen molar-refractivity contribution in [2.24, 2.45) is 5.92 Å². The fraction of sp³-hybridized carbons (Fsp3) is 1.00. The first-order valence-corrected chi connectivity index (χ1v) is 7.99. The number of nitrogens with zero attached hydrogens (tertiary/aromatic N) is 1. The van der Waals surface area contributed by atoms with Crippen molar-refractivity contribution < 1.29 is 4.21 Å². The van der Waals surface area contributed by atoms with Crippen molar-refractivity contribution in [1.82, 2.24) is 10.2 Å². The molecule has 0 amide bonds. The first kappa shape index (κ1) is 14.1. The standard InChI is InChI=1S/C12H26N2OS/c1-10(2)7-12-8-14(6-5-13-12)11(3)9-16(4)15/h10-13H,5-9H2,1-4H3. The highest BCUT2D eigenvalue weighted by molar-refractivity contribution is 7.84. The maximum atomic E-state index is 11.2. The van der Waals surface area contributed by atoms with E-state index in [2.05, 4.69) is 31.0 Å². The quantitative estimate of drug-likeness (QED) is 0.788. The van der Waals surface area contributed by atoms with Crippen molar-refractivity contribution in [2.75, 3.05) is 31.6 Å². The number of piperazine rings is 1. The van der Waals surface area contributed by atoms with Gasteiger partial charge in [0.25, 0.3) is 0 Å². The zero-order valence-electron chi connectivity index (χ0n) is 11.0. The van der Waals surface area contributed by atoms with Crippen molar-refractivity contribution in [1.29, 1.82) is 0 Å². The monoisotopic (exact) mass is 246 g/mol. The molecular weight excluding hydrogens is 220 g/mol. The summed E-state index contributed by atoms with van der Waals surface area (Å²) in [6, 6.07) is 1.06. The highest BCUT2D eigenvalue weighted by Gasteiger charge is 2.23. The van der Waals surface area contributed by atoms with Crippen LogP contribution in [0.3, 0.4) is 0 Å². The van der Waals surface area contributed by atoms with Crippen LogP contribution in [0.25, 0.3) is 0 Å². The number of hydrogen-bond donors (Lipinski definition) is 1. The van der Waals surface area contributed by atoms with Crippen LogP contribution in [0.1, 0.15) is 27.2 Å². The van der Waals surface area contributed by atoms with Gasteiger partial charge in [0, 0.05) is 54.5 Å². The molecule has 1 aliphatic rings. The third-order valence-electron chi connectivity index (χ3n) is 3.14. The molecule has 1 N–H and O–H groups in total. The van der Waals surface area contributed by atoms with Crippen molar-refractivity contribution in [3.05, 3.63) is 0 Å². The van der Waals surface area contributed by atoms with E-state index in [-0.39, 0.29) is 0 Å². The topological polar surface area (TPSA) is 32.3 Å². The van der Waals surface area contributed by atoms with Gasteiger partial charge in [-0.2, -0.15) is 0 Å². The van der Waals surface area contributed by atoms with Gasteiger partial charge in [-0.15, -0.1) is 0 Å². The van der Waals surface area contributed by atoms with Crippen LogP contribution < -0.4 is 5.32 Å². The Hall–Kier alpha value is 0.0700. The van der Waals surface area contributed by atoms with Crippen LogP contribution in [-0.2, 0) is 10.8 Å². The Kier molecular flexibility index (Phi) is 5.94. The van der Waals surface area contributed by atoms with Gasteiger partial charge in [-0.1, -0.05) is 13.8 Å². The van der Waals surface area contributed by atoms with Crippen LogP contribution in [0, 0.1) is 5.92 Å². The van der Waals surface area contributed by atoms with Gasteiger partial charge in [-0.25, -0.2) is 0 Å². The van der Waals surface area contributed by atoms with E-state index >= 15 is 0 Å². The third kappa shape index (κ3) is 4.93. The number of hydrogen-bond acceptors (Lipinski definition) is 3. The minimum Gasteiger partial charge on any atom is -0.311 e. The third-order valence-corrected chi connectivity index (χ3v) is 4.09. The molecule has 0 aromatic rings. The van der Waals surface area contributed by atoms with Gasteiger partial charge in [0.05, 0.1) is 0 Å². The summed E-state index contributed by atoms with van der Waals surface area (Å²) in [7, 11) is -0.681. The van der Waals surface area contributed by atoms with Crippen molar-refractivity contribution in [3.8, 4) is 0 Å². The molecule has 0 bridgehead atoms. The molecule has 0 aromatic carbocycles. The molecule has 96 valence electrons. The average Bonchev–Trinajstić information content (AvgIpc) is 2.16. The van der Waals surface area contributed by atoms with Gasteiger partial charge >= 0.3 is 0 Å². The number of rotatable bonds is 5. The van der Waals surface area contributed by atoms with Crippen LogP contribution in [0.5, 0.6) is 0 Å². The molecule has 16 heavy (non-hydrogen) atoms. The molecule has 4 heteroatoms. The summed E-state index contributed by atoms with van der Waals surface area (Å²) in [5, 5.41) is 3.57. The van der Waals surface area contributed by atoms with Gasteiger partial charge in [-0.05, 0) is 19.3 Å². The zero-order chi connectivity index (χ0) is 12.1. The summed E-state index contributed by atoms with van der Waals surface area (Å²) in [4.78, 5) is 2.48. The summed E-state index contributed by atoms with van der Waals surface area (Å²) in [5.41, 5.74) is 0. The predicted octanol–water partition coefficient (Wildman–Crippen LogP) is 1.07. The Morgan fingerprint density at radius 2 is 2.12 bits per heavy atom. The Morgan fingerprint density at radius 3 is 2.69 bits per heavy atom. The maximum Gasteiger partial charge on any atom is 0.0385 e. The first-order valence-electron chi connectivity index (χ1n) is 6.26. The van der Waals surface area contributed by atoms with Gasteiger partial charge < -0.3 is 5.32 Å². The van der Waals surface area contributed by atoms with E-state index in [0.29, 0.717) is 12.1 Å². The van der Waals surface area contributed by atoms with Crippen LogP contribution in [0.15, 0.2) is 0 Å². The van der Waals surface area contributed by atoms with Gasteiger partial charge in [0.15, 0.2) is 0 Å². The minimum atomic E-state index is -0.681. The first-order chi connectivity index (χ1) is 7.49. The zero-order valence-corrected chi connectivity index (χ0v) is 11.8. The van der Waals surface area contributed by atoms with E-state index in [0.717, 1.165) is 31.3 Å². The molecule has 3 nitrogen and oxygen atoms in total. The molecule has 1 rings (SSSR count). The lowest BCUT2D eigenvalue weighted by molar-refractivity contribution is 0.154. The molecule has 3 atom stereocenters. The van der Waals surface area contributed by atoms with Crippen molar-refractivity contribution in [3.63, 3.8) is 0 Å². The summed E-state index contributed by atoms with van der Waals surface area (Å²) in [6.07, 6.45) is 3.03. The lowest BCUT2D eigenvalue weighted by atomic mass is 10.0. The van der Waals surface area contributed by atoms with Gasteiger partial charge in [0.2, 0.25) is 0 Å². The molecule has 1 aliphatic heterocycles. The Balaban J connectivity index is 2.40. The largest absolute Gasteiger partial charge is 0.311 e. The fourth-order valence-corrected chi connectivity index (χ4v) is 3.31. The fourth-order valence-electron chi connectivity index (χ4n) is 2.42. The van der Waals surface area contributed by atoms with Crippen molar-refractivity contribution >= 4 is 10.8 Å². The normalized spacial score (nSPS) is 26.9. The Labute approximate surface area is 102 Å². The van der Waals surface area contributed by atoms with E-state index in [1.807, 2.05) is 0 Å². The Morgan fingerprint density at radius 1 is 1.44 bits per heavy atom. The average molecular weight is 246 g/mol. The summed E-state index contributed by atoms with van der Waals surface area (Å²) in [6.45, 7) is 10.00. The molecule has 0 aromatic heterocycles. The van der Waals surface area contributed by atoms with Gasteiger partial charge in [0.1, 0.15) is 0 Å². The molecule has 1 saturated heterocycles. The second-order valence-electron chi connectivity index (χ2n) is 5.36. The summed E-state index contributed by atoms with van der Waals surface area (Å²) >= 11 is 0. The molecule has 0 radical (unpaired) electrons. The van der Waals surface area contributed by atoms with Crippen LogP contribution >= 0.6 is 0 Å². The predicted molar refractivity (Wildman–Crippen MR) is 71.2 cm³/mol. The molecule has 1 fully saturated rings. The molecule has 0 aliphatic carbocycles. The molecule has 0 saturated carbocycles. The van der Waals surface area contributed by atoms with E-state index in [1.54, 1.807) is 6.26 Å². The van der Waals surface area contributed by atoms with Crippen LogP contribution in [0.4, 0.5) is 0 Å². The molecular formula is C12H26N2OS. The van der Waals surface area contributed by atoms with E-state index in [9.17, 15) is 4.21 Å². The smallest absolute Gasteiger partial charge is 0.0385 e. The van der Waals surface area contributed by atoms with E-state index < -0.39 is 10.8 Å². The highest BCUT2D eigenvalue weighted by Crippen LogP contribution is 2.12. The lowest BCUT2D eigenvalue weighted by Gasteiger charge is -2.38. The maximum absolute atomic E-state index is 11.2. The Bertz CT molecular complexity index is 233. The number of nitrogens with one attached hydrogen (secondary N) is 1. The van der Waals surface area contributed by atoms with Crippen LogP contribution in [-0.4, -0.2) is 52.8 Å². The molecule has 0 spiro atoms. The SMILES string of the molecule is CC(C)CC1CN(C(C)CS(C)=O)CCN1. The molecule has 3 unspecified atom stereocenters. The van der Waals surface area contributed by atoms with E-state index in [1.165, 1.54) is 6.42 Å². The summed E-state index contributed by atoms with van der Waals surface area (Å²) in [5.74, 6) is 1.54. The lowest BCUT2D eigenvalue weighted by Crippen LogP contribution is -2.54. The van der Waals surface area contributed by atoms with Crippen molar-refractivity contribution in [2.45, 2.75) is 39.3 Å². The molecule has 1 heterocycles.